The van der Waals surface area contributed by atoms with Crippen LogP contribution in [0.5, 0.6) is 0 Å². The molecule has 0 heterocycles. The van der Waals surface area contributed by atoms with Gasteiger partial charge in [0.25, 0.3) is 0 Å². The maximum atomic E-state index is 13.0. The number of alkyl halides is 2. The van der Waals surface area contributed by atoms with Crippen molar-refractivity contribution >= 4 is 0 Å². The molecule has 1 aliphatic carbocycles. The molecule has 0 radical (unpaired) electrons. The fraction of sp³-hybridized carbons (Fsp3) is 0.538. The van der Waals surface area contributed by atoms with Gasteiger partial charge in [0.1, 0.15) is 11.6 Å². The summed E-state index contributed by atoms with van der Waals surface area (Å²) in [6.07, 6.45) is -1.33. The summed E-state index contributed by atoms with van der Waals surface area (Å²) in [5.74, 6) is -4.69. The number of halogens is 4. The molecule has 1 aromatic rings. The van der Waals surface area contributed by atoms with E-state index in [1.807, 2.05) is 0 Å². The fourth-order valence-electron chi connectivity index (χ4n) is 2.45. The van der Waals surface area contributed by atoms with Gasteiger partial charge in [-0.3, -0.25) is 0 Å². The Morgan fingerprint density at radius 3 is 2.33 bits per heavy atom. The molecule has 1 nitrogen and oxygen atoms in total. The quantitative estimate of drug-likeness (QED) is 0.829. The van der Waals surface area contributed by atoms with Crippen LogP contribution in [0.1, 0.15) is 24.8 Å². The molecule has 2 atom stereocenters. The Morgan fingerprint density at radius 2 is 1.83 bits per heavy atom. The maximum Gasteiger partial charge on any atom is 0.248 e. The average Bonchev–Trinajstić information content (AvgIpc) is 2.57. The molecule has 2 rings (SSSR count). The first-order valence-corrected chi connectivity index (χ1v) is 5.86. The highest BCUT2D eigenvalue weighted by Crippen LogP contribution is 2.40. The predicted octanol–water partition coefficient (Wildman–Crippen LogP) is 3.30. The second-order valence-electron chi connectivity index (χ2n) is 4.91. The zero-order chi connectivity index (χ0) is 13.3. The van der Waals surface area contributed by atoms with E-state index in [0.29, 0.717) is 0 Å². The minimum atomic E-state index is -2.72. The molecule has 1 saturated carbocycles. The van der Waals surface area contributed by atoms with Crippen molar-refractivity contribution in [2.45, 2.75) is 37.7 Å². The topological polar surface area (TPSA) is 20.2 Å². The van der Waals surface area contributed by atoms with E-state index < -0.39 is 29.6 Å². The molecule has 1 N–H and O–H groups in total. The Morgan fingerprint density at radius 1 is 1.22 bits per heavy atom. The first-order chi connectivity index (χ1) is 8.35. The van der Waals surface area contributed by atoms with Gasteiger partial charge >= 0.3 is 0 Å². The molecule has 0 amide bonds. The summed E-state index contributed by atoms with van der Waals surface area (Å²) in [4.78, 5) is 0. The lowest BCUT2D eigenvalue weighted by Gasteiger charge is -2.18. The number of hydrogen-bond donors (Lipinski definition) is 1. The van der Waals surface area contributed by atoms with Gasteiger partial charge in [-0.1, -0.05) is 0 Å². The highest BCUT2D eigenvalue weighted by molar-refractivity contribution is 5.18. The third-order valence-corrected chi connectivity index (χ3v) is 3.35. The lowest BCUT2D eigenvalue weighted by atomic mass is 9.94. The maximum absolute atomic E-state index is 13.0. The number of aliphatic hydroxyl groups is 1. The van der Waals surface area contributed by atoms with E-state index >= 15 is 0 Å². The van der Waals surface area contributed by atoms with Crippen molar-refractivity contribution in [2.75, 3.05) is 0 Å². The minimum Gasteiger partial charge on any atom is -0.392 e. The number of rotatable bonds is 3. The number of aliphatic hydroxyl groups excluding tert-OH is 1. The second kappa shape index (κ2) is 4.88. The Hall–Kier alpha value is -1.10. The van der Waals surface area contributed by atoms with E-state index in [1.165, 1.54) is 0 Å². The molecule has 1 aliphatic rings. The summed E-state index contributed by atoms with van der Waals surface area (Å²) in [6, 6.07) is 2.96. The van der Waals surface area contributed by atoms with Crippen molar-refractivity contribution in [2.24, 2.45) is 5.92 Å². The van der Waals surface area contributed by atoms with Crippen LogP contribution < -0.4 is 0 Å². The molecule has 100 valence electrons. The van der Waals surface area contributed by atoms with Crippen LogP contribution >= 0.6 is 0 Å². The lowest BCUT2D eigenvalue weighted by Crippen LogP contribution is -2.22. The molecular formula is C13H14F4O. The van der Waals surface area contributed by atoms with Gasteiger partial charge in [0.2, 0.25) is 5.92 Å². The molecule has 0 saturated heterocycles. The van der Waals surface area contributed by atoms with Gasteiger partial charge < -0.3 is 5.11 Å². The van der Waals surface area contributed by atoms with Gasteiger partial charge in [-0.15, -0.1) is 0 Å². The average molecular weight is 262 g/mol. The van der Waals surface area contributed by atoms with Gasteiger partial charge in [0, 0.05) is 18.9 Å². The zero-order valence-corrected chi connectivity index (χ0v) is 9.67. The zero-order valence-electron chi connectivity index (χ0n) is 9.67. The van der Waals surface area contributed by atoms with E-state index in [2.05, 4.69) is 0 Å². The van der Waals surface area contributed by atoms with Gasteiger partial charge in [-0.25, -0.2) is 17.6 Å². The Kier molecular flexibility index (Phi) is 3.61. The predicted molar refractivity (Wildman–Crippen MR) is 58.4 cm³/mol. The first kappa shape index (κ1) is 13.3. The molecule has 1 fully saturated rings. The van der Waals surface area contributed by atoms with Crippen LogP contribution in [0.15, 0.2) is 18.2 Å². The summed E-state index contributed by atoms with van der Waals surface area (Å²) in [5.41, 5.74) is 0.287. The number of benzene rings is 1. The Labute approximate surface area is 102 Å². The summed E-state index contributed by atoms with van der Waals surface area (Å²) >= 11 is 0. The van der Waals surface area contributed by atoms with Gasteiger partial charge in [0.05, 0.1) is 6.10 Å². The van der Waals surface area contributed by atoms with E-state index in [1.54, 1.807) is 0 Å². The van der Waals surface area contributed by atoms with Crippen LogP contribution in [0.4, 0.5) is 17.6 Å². The van der Waals surface area contributed by atoms with E-state index in [4.69, 9.17) is 0 Å². The summed E-state index contributed by atoms with van der Waals surface area (Å²) in [5, 5.41) is 9.84. The van der Waals surface area contributed by atoms with Crippen LogP contribution in [0.2, 0.25) is 0 Å². The van der Waals surface area contributed by atoms with Crippen molar-refractivity contribution in [1.29, 1.82) is 0 Å². The number of hydrogen-bond acceptors (Lipinski definition) is 1. The highest BCUT2D eigenvalue weighted by atomic mass is 19.3. The largest absolute Gasteiger partial charge is 0.392 e. The van der Waals surface area contributed by atoms with Crippen LogP contribution in [-0.2, 0) is 6.42 Å². The molecular weight excluding hydrogens is 248 g/mol. The van der Waals surface area contributed by atoms with Gasteiger partial charge in [-0.05, 0) is 36.5 Å². The van der Waals surface area contributed by atoms with E-state index in [9.17, 15) is 22.7 Å². The molecule has 0 aliphatic heterocycles. The summed E-state index contributed by atoms with van der Waals surface area (Å²) in [6.45, 7) is 0. The molecule has 2 unspecified atom stereocenters. The molecule has 0 aromatic heterocycles. The smallest absolute Gasteiger partial charge is 0.248 e. The summed E-state index contributed by atoms with van der Waals surface area (Å²) in [7, 11) is 0. The lowest BCUT2D eigenvalue weighted by molar-refractivity contribution is -0.00481. The van der Waals surface area contributed by atoms with Crippen molar-refractivity contribution in [1.82, 2.24) is 0 Å². The molecule has 18 heavy (non-hydrogen) atoms. The third-order valence-electron chi connectivity index (χ3n) is 3.35. The highest BCUT2D eigenvalue weighted by Gasteiger charge is 2.42. The van der Waals surface area contributed by atoms with Crippen LogP contribution in [-0.4, -0.2) is 17.1 Å². The summed E-state index contributed by atoms with van der Waals surface area (Å²) < 4.78 is 51.9. The SMILES string of the molecule is OC(Cc1cc(F)cc(F)c1)C1CCC(F)(F)C1. The molecule has 0 bridgehead atoms. The molecule has 1 aromatic carbocycles. The van der Waals surface area contributed by atoms with Gasteiger partial charge in [0.15, 0.2) is 0 Å². The van der Waals surface area contributed by atoms with E-state index in [-0.39, 0.29) is 31.2 Å². The molecule has 5 heteroatoms. The first-order valence-electron chi connectivity index (χ1n) is 5.86. The minimum absolute atomic E-state index is 0.00454. The van der Waals surface area contributed by atoms with E-state index in [0.717, 1.165) is 18.2 Å². The second-order valence-corrected chi connectivity index (χ2v) is 4.91. The van der Waals surface area contributed by atoms with Crippen molar-refractivity contribution < 1.29 is 22.7 Å². The van der Waals surface area contributed by atoms with Gasteiger partial charge in [-0.2, -0.15) is 0 Å². The van der Waals surface area contributed by atoms with Crippen LogP contribution in [0, 0.1) is 17.6 Å². The van der Waals surface area contributed by atoms with Crippen LogP contribution in [0.25, 0.3) is 0 Å². The van der Waals surface area contributed by atoms with Crippen LogP contribution in [0.3, 0.4) is 0 Å². The normalized spacial score (nSPS) is 24.2. The van der Waals surface area contributed by atoms with Crippen molar-refractivity contribution in [3.63, 3.8) is 0 Å². The third kappa shape index (κ3) is 3.22. The van der Waals surface area contributed by atoms with Crippen molar-refractivity contribution in [3.05, 3.63) is 35.4 Å². The van der Waals surface area contributed by atoms with Crippen molar-refractivity contribution in [3.8, 4) is 0 Å². The Bertz CT molecular complexity index is 413. The Balaban J connectivity index is 2.01. The monoisotopic (exact) mass is 262 g/mol. The fourth-order valence-corrected chi connectivity index (χ4v) is 2.45. The standard InChI is InChI=1S/C13H14F4O/c14-10-3-8(4-11(15)6-10)5-12(18)9-1-2-13(16,17)7-9/h3-4,6,9,12,18H,1-2,5,7H2. The molecule has 0 spiro atoms.